The van der Waals surface area contributed by atoms with Crippen molar-refractivity contribution >= 4 is 48.8 Å². The highest BCUT2D eigenvalue weighted by molar-refractivity contribution is 8.13. The second-order valence-corrected chi connectivity index (χ2v) is 7.94. The van der Waals surface area contributed by atoms with Crippen LogP contribution in [0.3, 0.4) is 0 Å². The zero-order valence-electron chi connectivity index (χ0n) is 10.7. The number of hydrogen-bond donors (Lipinski definition) is 1. The molecule has 2 rings (SSSR count). The molecule has 0 aliphatic carbocycles. The maximum absolute atomic E-state index is 12.2. The molecule has 1 fully saturated rings. The summed E-state index contributed by atoms with van der Waals surface area (Å²) in [5.74, 6) is -0.514. The van der Waals surface area contributed by atoms with Crippen LogP contribution in [0.1, 0.15) is 23.2 Å². The molecule has 1 atom stereocenters. The minimum Gasteiger partial charge on any atom is -0.379 e. The summed E-state index contributed by atoms with van der Waals surface area (Å²) in [6, 6.07) is 2.07. The average Bonchev–Trinajstić information content (AvgIpc) is 2.41. The molecule has 1 aliphatic rings. The van der Waals surface area contributed by atoms with Crippen molar-refractivity contribution in [2.24, 2.45) is 0 Å². The van der Waals surface area contributed by atoms with Gasteiger partial charge < -0.3 is 10.1 Å². The van der Waals surface area contributed by atoms with Gasteiger partial charge in [0, 0.05) is 17.3 Å². The fourth-order valence-electron chi connectivity index (χ4n) is 1.99. The number of benzene rings is 1. The summed E-state index contributed by atoms with van der Waals surface area (Å²) in [5.41, 5.74) is -0.0334. The third kappa shape index (κ3) is 4.23. The minimum atomic E-state index is -4.01. The molecular formula is C12H12Cl3NO4S. The van der Waals surface area contributed by atoms with Gasteiger partial charge in [0.25, 0.3) is 15.0 Å². The maximum atomic E-state index is 12.2. The van der Waals surface area contributed by atoms with Crippen molar-refractivity contribution in [2.75, 3.05) is 13.2 Å². The summed E-state index contributed by atoms with van der Waals surface area (Å²) in [4.78, 5) is 11.9. The number of rotatable bonds is 3. The third-order valence-electron chi connectivity index (χ3n) is 3.02. The Morgan fingerprint density at radius 2 is 2.05 bits per heavy atom. The van der Waals surface area contributed by atoms with Crippen molar-refractivity contribution < 1.29 is 17.9 Å². The molecule has 0 bridgehead atoms. The standard InChI is InChI=1S/C12H12Cl3NO4S/c13-10-5-8(21(15,18)19)4-9(11(10)14)12(17)16-7-2-1-3-20-6-7/h4-5,7H,1-3,6H2,(H,16,17). The van der Waals surface area contributed by atoms with Gasteiger partial charge in [0.1, 0.15) is 0 Å². The summed E-state index contributed by atoms with van der Waals surface area (Å²) >= 11 is 11.8. The van der Waals surface area contributed by atoms with Crippen LogP contribution in [0.25, 0.3) is 0 Å². The topological polar surface area (TPSA) is 72.5 Å². The lowest BCUT2D eigenvalue weighted by Crippen LogP contribution is -2.40. The first kappa shape index (κ1) is 16.8. The Morgan fingerprint density at radius 3 is 2.62 bits per heavy atom. The highest BCUT2D eigenvalue weighted by atomic mass is 35.7. The van der Waals surface area contributed by atoms with E-state index in [1.165, 1.54) is 0 Å². The summed E-state index contributed by atoms with van der Waals surface area (Å²) < 4.78 is 28.0. The van der Waals surface area contributed by atoms with Gasteiger partial charge in [-0.05, 0) is 25.0 Å². The first-order valence-electron chi connectivity index (χ1n) is 6.11. The van der Waals surface area contributed by atoms with Crippen LogP contribution in [-0.4, -0.2) is 33.6 Å². The summed E-state index contributed by atoms with van der Waals surface area (Å²) in [7, 11) is 1.26. The Hall–Kier alpha value is -0.530. The second-order valence-electron chi connectivity index (χ2n) is 4.59. The van der Waals surface area contributed by atoms with Gasteiger partial charge in [0.05, 0.1) is 33.2 Å². The Balaban J connectivity index is 2.29. The van der Waals surface area contributed by atoms with Gasteiger partial charge in [-0.3, -0.25) is 4.79 Å². The van der Waals surface area contributed by atoms with Gasteiger partial charge in [-0.1, -0.05) is 23.2 Å². The normalized spacial score (nSPS) is 19.3. The predicted molar refractivity (Wildman–Crippen MR) is 80.8 cm³/mol. The molecule has 1 aromatic carbocycles. The Bertz CT molecular complexity index is 657. The molecule has 1 unspecified atom stereocenters. The molecule has 1 aliphatic heterocycles. The number of ether oxygens (including phenoxy) is 1. The average molecular weight is 373 g/mol. The zero-order chi connectivity index (χ0) is 15.6. The summed E-state index contributed by atoms with van der Waals surface area (Å²) in [5, 5.41) is 2.67. The van der Waals surface area contributed by atoms with Crippen molar-refractivity contribution in [3.8, 4) is 0 Å². The van der Waals surface area contributed by atoms with Crippen molar-refractivity contribution in [1.29, 1.82) is 0 Å². The monoisotopic (exact) mass is 371 g/mol. The molecule has 9 heteroatoms. The van der Waals surface area contributed by atoms with E-state index in [2.05, 4.69) is 5.32 Å². The van der Waals surface area contributed by atoms with E-state index in [1.54, 1.807) is 0 Å². The third-order valence-corrected chi connectivity index (χ3v) is 5.16. The molecule has 116 valence electrons. The van der Waals surface area contributed by atoms with E-state index in [4.69, 9.17) is 38.6 Å². The predicted octanol–water partition coefficient (Wildman–Crippen LogP) is 2.83. The van der Waals surface area contributed by atoms with Crippen LogP contribution in [0.2, 0.25) is 10.0 Å². The van der Waals surface area contributed by atoms with Crippen LogP contribution in [0, 0.1) is 0 Å². The second kappa shape index (κ2) is 6.71. The quantitative estimate of drug-likeness (QED) is 0.828. The fraction of sp³-hybridized carbons (Fsp3) is 0.417. The van der Waals surface area contributed by atoms with Crippen molar-refractivity contribution in [2.45, 2.75) is 23.8 Å². The molecule has 0 spiro atoms. The van der Waals surface area contributed by atoms with Crippen LogP contribution < -0.4 is 5.32 Å². The number of nitrogens with one attached hydrogen (secondary N) is 1. The van der Waals surface area contributed by atoms with E-state index >= 15 is 0 Å². The maximum Gasteiger partial charge on any atom is 0.261 e. The van der Waals surface area contributed by atoms with Gasteiger partial charge in [-0.2, -0.15) is 0 Å². The van der Waals surface area contributed by atoms with Gasteiger partial charge >= 0.3 is 0 Å². The molecule has 1 aromatic rings. The largest absolute Gasteiger partial charge is 0.379 e. The lowest BCUT2D eigenvalue weighted by molar-refractivity contribution is 0.0624. The van der Waals surface area contributed by atoms with Crippen molar-refractivity contribution in [1.82, 2.24) is 5.32 Å². The van der Waals surface area contributed by atoms with E-state index in [-0.39, 0.29) is 26.5 Å². The molecule has 1 heterocycles. The highest BCUT2D eigenvalue weighted by Gasteiger charge is 2.22. The van der Waals surface area contributed by atoms with Gasteiger partial charge in [0.15, 0.2) is 0 Å². The minimum absolute atomic E-state index is 0.0186. The van der Waals surface area contributed by atoms with Crippen LogP contribution in [0.15, 0.2) is 17.0 Å². The van der Waals surface area contributed by atoms with Gasteiger partial charge in [-0.15, -0.1) is 0 Å². The molecule has 1 saturated heterocycles. The summed E-state index contributed by atoms with van der Waals surface area (Å²) in [6.07, 6.45) is 1.63. The highest BCUT2D eigenvalue weighted by Crippen LogP contribution is 2.31. The Kier molecular flexibility index (Phi) is 5.38. The molecule has 21 heavy (non-hydrogen) atoms. The van der Waals surface area contributed by atoms with Crippen molar-refractivity contribution in [3.05, 3.63) is 27.7 Å². The number of hydrogen-bond acceptors (Lipinski definition) is 4. The first-order chi connectivity index (χ1) is 9.79. The molecule has 5 nitrogen and oxygen atoms in total. The lowest BCUT2D eigenvalue weighted by atomic mass is 10.1. The summed E-state index contributed by atoms with van der Waals surface area (Å²) in [6.45, 7) is 1.07. The zero-order valence-corrected chi connectivity index (χ0v) is 13.8. The number of halogens is 3. The Morgan fingerprint density at radius 1 is 1.33 bits per heavy atom. The molecule has 1 amide bonds. The van der Waals surface area contributed by atoms with E-state index in [9.17, 15) is 13.2 Å². The van der Waals surface area contributed by atoms with Crippen LogP contribution in [0.5, 0.6) is 0 Å². The van der Waals surface area contributed by atoms with Crippen LogP contribution >= 0.6 is 33.9 Å². The van der Waals surface area contributed by atoms with E-state index in [0.717, 1.165) is 25.0 Å². The number of amides is 1. The fourth-order valence-corrected chi connectivity index (χ4v) is 3.25. The molecule has 0 saturated carbocycles. The van der Waals surface area contributed by atoms with Crippen molar-refractivity contribution in [3.63, 3.8) is 0 Å². The molecule has 1 N–H and O–H groups in total. The molecular weight excluding hydrogens is 361 g/mol. The lowest BCUT2D eigenvalue weighted by Gasteiger charge is -2.23. The van der Waals surface area contributed by atoms with Crippen LogP contribution in [-0.2, 0) is 13.8 Å². The molecule has 0 radical (unpaired) electrons. The van der Waals surface area contributed by atoms with Gasteiger partial charge in [-0.25, -0.2) is 8.42 Å². The van der Waals surface area contributed by atoms with Gasteiger partial charge in [0.2, 0.25) is 0 Å². The molecule has 0 aromatic heterocycles. The van der Waals surface area contributed by atoms with E-state index in [1.807, 2.05) is 0 Å². The van der Waals surface area contributed by atoms with Crippen LogP contribution in [0.4, 0.5) is 0 Å². The Labute approximate surface area is 136 Å². The SMILES string of the molecule is O=C(NC1CCCOC1)c1cc(S(=O)(=O)Cl)cc(Cl)c1Cl. The van der Waals surface area contributed by atoms with E-state index < -0.39 is 15.0 Å². The smallest absolute Gasteiger partial charge is 0.261 e. The number of carbonyl (C=O) groups is 1. The van der Waals surface area contributed by atoms with E-state index in [0.29, 0.717) is 13.2 Å². The first-order valence-corrected chi connectivity index (χ1v) is 9.18. The number of carbonyl (C=O) groups excluding carboxylic acids is 1.